The van der Waals surface area contributed by atoms with Gasteiger partial charge in [0.1, 0.15) is 11.4 Å². The smallest absolute Gasteiger partial charge is 0.142 e. The van der Waals surface area contributed by atoms with Crippen LogP contribution in [0.25, 0.3) is 0 Å². The molecule has 0 bridgehead atoms. The molecule has 0 saturated heterocycles. The summed E-state index contributed by atoms with van der Waals surface area (Å²) in [5.74, 6) is 0.234. The van der Waals surface area contributed by atoms with Gasteiger partial charge in [0.25, 0.3) is 0 Å². The Morgan fingerprint density at radius 2 is 1.55 bits per heavy atom. The van der Waals surface area contributed by atoms with Gasteiger partial charge in [0.15, 0.2) is 0 Å². The Morgan fingerprint density at radius 1 is 0.900 bits per heavy atom. The van der Waals surface area contributed by atoms with Crippen LogP contribution in [-0.2, 0) is 6.42 Å². The monoisotopic (exact) mass is 271 g/mol. The van der Waals surface area contributed by atoms with Crippen molar-refractivity contribution in [2.75, 3.05) is 37.1 Å². The molecule has 0 radical (unpaired) electrons. The van der Waals surface area contributed by atoms with E-state index in [1.54, 1.807) is 13.1 Å². The molecule has 2 aromatic rings. The molecule has 4 heteroatoms. The van der Waals surface area contributed by atoms with E-state index in [4.69, 9.17) is 0 Å². The Bertz CT molecular complexity index is 582. The highest BCUT2D eigenvalue weighted by Crippen LogP contribution is 2.40. The second-order valence-electron chi connectivity index (χ2n) is 4.58. The summed E-state index contributed by atoms with van der Waals surface area (Å²) in [6.07, 6.45) is 0.794. The number of benzene rings is 2. The predicted molar refractivity (Wildman–Crippen MR) is 86.0 cm³/mol. The highest BCUT2D eigenvalue weighted by atomic mass is 16.3. The van der Waals surface area contributed by atoms with Crippen LogP contribution in [0, 0.1) is 0 Å². The van der Waals surface area contributed by atoms with Crippen LogP contribution in [-0.4, -0.2) is 26.2 Å². The van der Waals surface area contributed by atoms with E-state index in [1.807, 2.05) is 32.3 Å². The molecular formula is C16H21N3O. The van der Waals surface area contributed by atoms with E-state index in [1.165, 1.54) is 5.56 Å². The predicted octanol–water partition coefficient (Wildman–Crippen LogP) is 3.11. The highest BCUT2D eigenvalue weighted by Gasteiger charge is 2.16. The Morgan fingerprint density at radius 3 is 2.10 bits per heavy atom. The van der Waals surface area contributed by atoms with Crippen molar-refractivity contribution in [1.82, 2.24) is 0 Å². The van der Waals surface area contributed by atoms with Crippen LogP contribution >= 0.6 is 0 Å². The Labute approximate surface area is 119 Å². The molecule has 0 amide bonds. The number of phenolic OH excluding ortho intramolecular Hbond substituents is 1. The maximum atomic E-state index is 10.1. The second-order valence-corrected chi connectivity index (χ2v) is 4.58. The van der Waals surface area contributed by atoms with E-state index >= 15 is 0 Å². The zero-order valence-electron chi connectivity index (χ0n) is 12.1. The molecule has 2 rings (SSSR count). The summed E-state index contributed by atoms with van der Waals surface area (Å²) in [7, 11) is 5.53. The summed E-state index contributed by atoms with van der Waals surface area (Å²) in [6.45, 7) is 0. The first kappa shape index (κ1) is 14.1. The summed E-state index contributed by atoms with van der Waals surface area (Å²) < 4.78 is 0. The van der Waals surface area contributed by atoms with Crippen LogP contribution in [0.4, 0.5) is 17.1 Å². The lowest BCUT2D eigenvalue weighted by atomic mass is 9.99. The maximum absolute atomic E-state index is 10.1. The number of phenols is 1. The third kappa shape index (κ3) is 2.64. The van der Waals surface area contributed by atoms with Gasteiger partial charge in [-0.05, 0) is 5.56 Å². The molecule has 0 saturated carbocycles. The maximum Gasteiger partial charge on any atom is 0.142 e. The minimum Gasteiger partial charge on any atom is -0.506 e. The average Bonchev–Trinajstić information content (AvgIpc) is 2.49. The Kier molecular flexibility index (Phi) is 4.35. The van der Waals surface area contributed by atoms with E-state index in [2.05, 4.69) is 28.1 Å². The van der Waals surface area contributed by atoms with Crippen molar-refractivity contribution in [1.29, 1.82) is 0 Å². The second kappa shape index (κ2) is 6.19. The summed E-state index contributed by atoms with van der Waals surface area (Å²) >= 11 is 0. The molecule has 0 aromatic heterocycles. The standard InChI is InChI=1S/C16H21N3O/c1-17-13-10-14(20)16(19-3)15(18-2)12(13)9-11-7-5-4-6-8-11/h4-8,10,17-20H,9H2,1-3H3. The van der Waals surface area contributed by atoms with E-state index in [0.29, 0.717) is 0 Å². The number of aromatic hydroxyl groups is 1. The van der Waals surface area contributed by atoms with Gasteiger partial charge in [0.05, 0.1) is 5.69 Å². The zero-order chi connectivity index (χ0) is 14.5. The molecule has 0 aliphatic heterocycles. The number of rotatable bonds is 5. The van der Waals surface area contributed by atoms with Gasteiger partial charge >= 0.3 is 0 Å². The van der Waals surface area contributed by atoms with E-state index < -0.39 is 0 Å². The van der Waals surface area contributed by atoms with Crippen molar-refractivity contribution >= 4 is 17.1 Å². The van der Waals surface area contributed by atoms with Gasteiger partial charge in [-0.1, -0.05) is 30.3 Å². The van der Waals surface area contributed by atoms with Crippen LogP contribution in [0.3, 0.4) is 0 Å². The quantitative estimate of drug-likeness (QED) is 0.631. The number of nitrogens with one attached hydrogen (secondary N) is 3. The molecule has 0 aliphatic carbocycles. The van der Waals surface area contributed by atoms with Crippen LogP contribution < -0.4 is 16.0 Å². The largest absolute Gasteiger partial charge is 0.506 e. The van der Waals surface area contributed by atoms with Crippen LogP contribution in [0.15, 0.2) is 36.4 Å². The molecule has 0 heterocycles. The third-order valence-electron chi connectivity index (χ3n) is 3.41. The van der Waals surface area contributed by atoms with Gasteiger partial charge < -0.3 is 21.1 Å². The fourth-order valence-corrected chi connectivity index (χ4v) is 2.45. The number of hydrogen-bond donors (Lipinski definition) is 4. The molecule has 0 aliphatic rings. The fraction of sp³-hybridized carbons (Fsp3) is 0.250. The molecule has 20 heavy (non-hydrogen) atoms. The van der Waals surface area contributed by atoms with Crippen molar-refractivity contribution in [3.63, 3.8) is 0 Å². The molecule has 106 valence electrons. The van der Waals surface area contributed by atoms with E-state index in [-0.39, 0.29) is 5.75 Å². The van der Waals surface area contributed by atoms with Gasteiger partial charge in [-0.25, -0.2) is 0 Å². The summed E-state index contributed by atoms with van der Waals surface area (Å²) in [5, 5.41) is 19.5. The van der Waals surface area contributed by atoms with Gasteiger partial charge in [0, 0.05) is 44.9 Å². The van der Waals surface area contributed by atoms with Crippen molar-refractivity contribution in [3.8, 4) is 5.75 Å². The van der Waals surface area contributed by atoms with Crippen molar-refractivity contribution < 1.29 is 5.11 Å². The lowest BCUT2D eigenvalue weighted by Gasteiger charge is -2.19. The molecule has 0 unspecified atom stereocenters. The first-order chi connectivity index (χ1) is 9.71. The third-order valence-corrected chi connectivity index (χ3v) is 3.41. The molecule has 0 fully saturated rings. The molecule has 4 nitrogen and oxygen atoms in total. The molecular weight excluding hydrogens is 250 g/mol. The highest BCUT2D eigenvalue weighted by molar-refractivity contribution is 5.84. The van der Waals surface area contributed by atoms with Crippen molar-refractivity contribution in [2.24, 2.45) is 0 Å². The lowest BCUT2D eigenvalue weighted by Crippen LogP contribution is -2.06. The Hall–Kier alpha value is -2.36. The van der Waals surface area contributed by atoms with Gasteiger partial charge in [-0.3, -0.25) is 0 Å². The molecule has 0 atom stereocenters. The molecule has 4 N–H and O–H groups in total. The first-order valence-electron chi connectivity index (χ1n) is 6.67. The number of hydrogen-bond acceptors (Lipinski definition) is 4. The summed E-state index contributed by atoms with van der Waals surface area (Å²) in [5.41, 5.74) is 4.92. The van der Waals surface area contributed by atoms with Gasteiger partial charge in [-0.15, -0.1) is 0 Å². The minimum atomic E-state index is 0.234. The van der Waals surface area contributed by atoms with E-state index in [9.17, 15) is 5.11 Å². The van der Waals surface area contributed by atoms with Crippen molar-refractivity contribution in [3.05, 3.63) is 47.5 Å². The van der Waals surface area contributed by atoms with E-state index in [0.717, 1.165) is 29.0 Å². The minimum absolute atomic E-state index is 0.234. The van der Waals surface area contributed by atoms with Crippen LogP contribution in [0.5, 0.6) is 5.75 Å². The SMILES string of the molecule is CNc1cc(O)c(NC)c(NC)c1Cc1ccccc1. The zero-order valence-corrected chi connectivity index (χ0v) is 12.1. The topological polar surface area (TPSA) is 56.3 Å². The summed E-state index contributed by atoms with van der Waals surface area (Å²) in [6, 6.07) is 12.0. The van der Waals surface area contributed by atoms with Crippen LogP contribution in [0.1, 0.15) is 11.1 Å². The first-order valence-corrected chi connectivity index (χ1v) is 6.67. The summed E-state index contributed by atoms with van der Waals surface area (Å²) in [4.78, 5) is 0. The lowest BCUT2D eigenvalue weighted by molar-refractivity contribution is 0.478. The van der Waals surface area contributed by atoms with Gasteiger partial charge in [0.2, 0.25) is 0 Å². The Balaban J connectivity index is 2.54. The molecule has 2 aromatic carbocycles. The van der Waals surface area contributed by atoms with Crippen molar-refractivity contribution in [2.45, 2.75) is 6.42 Å². The average molecular weight is 271 g/mol. The normalized spacial score (nSPS) is 10.2. The van der Waals surface area contributed by atoms with Crippen LogP contribution in [0.2, 0.25) is 0 Å². The van der Waals surface area contributed by atoms with Gasteiger partial charge in [-0.2, -0.15) is 0 Å². The number of anilines is 3. The molecule has 0 spiro atoms. The fourth-order valence-electron chi connectivity index (χ4n) is 2.45.